The molecule has 0 aromatic carbocycles. The summed E-state index contributed by atoms with van der Waals surface area (Å²) in [5, 5.41) is 0. The molecule has 10 nitrogen and oxygen atoms in total. The van der Waals surface area contributed by atoms with E-state index in [1.807, 2.05) is 36.4 Å². The minimum absolute atomic E-state index is 0.0658. The molecule has 1 aromatic heterocycles. The predicted molar refractivity (Wildman–Crippen MR) is 131 cm³/mol. The predicted octanol–water partition coefficient (Wildman–Crippen LogP) is 3.51. The largest absolute Gasteiger partial charge is 0.444 e. The molecular weight excluding hydrogens is 450 g/mol. The first-order chi connectivity index (χ1) is 16.3. The Morgan fingerprint density at radius 1 is 0.914 bits per heavy atom. The maximum atomic E-state index is 13.9. The third-order valence-corrected chi connectivity index (χ3v) is 6.14. The van der Waals surface area contributed by atoms with Crippen molar-refractivity contribution in [3.05, 3.63) is 18.7 Å². The van der Waals surface area contributed by atoms with E-state index in [4.69, 9.17) is 9.47 Å². The smallest absolute Gasteiger partial charge is 0.411 e. The van der Waals surface area contributed by atoms with Gasteiger partial charge in [0.15, 0.2) is 0 Å². The molecule has 2 aliphatic rings. The van der Waals surface area contributed by atoms with Crippen molar-refractivity contribution in [3.8, 4) is 0 Å². The first-order valence-corrected chi connectivity index (χ1v) is 12.6. The number of piperazine rings is 1. The van der Waals surface area contributed by atoms with Gasteiger partial charge in [0.25, 0.3) is 0 Å². The maximum Gasteiger partial charge on any atom is 0.411 e. The molecule has 3 heterocycles. The quantitative estimate of drug-likeness (QED) is 0.639. The summed E-state index contributed by atoms with van der Waals surface area (Å²) in [5.41, 5.74) is -1.34. The fraction of sp³-hybridized carbons (Fsp3) is 0.760. The second-order valence-corrected chi connectivity index (χ2v) is 11.4. The lowest BCUT2D eigenvalue weighted by atomic mass is 9.97. The number of rotatable bonds is 4. The summed E-state index contributed by atoms with van der Waals surface area (Å²) in [6.07, 6.45) is 8.12. The van der Waals surface area contributed by atoms with Gasteiger partial charge in [0.2, 0.25) is 5.91 Å². The van der Waals surface area contributed by atoms with E-state index in [1.165, 1.54) is 9.80 Å². The standard InChI is InChI=1S/C25H41N5O5/c1-24(2,3)34-22(32)28-15-16-30(23(33)35-25(4,5)6)20(17-28)21(31)29-12-8-7-9-19(29)10-13-27-14-11-26-18-27/h11,14,18-20H,7-10,12-13,15-17H2,1-6H3/t19?,20-/m1/s1. The summed E-state index contributed by atoms with van der Waals surface area (Å²) in [6.45, 7) is 12.8. The second-order valence-electron chi connectivity index (χ2n) is 11.4. The molecule has 0 bridgehead atoms. The topological polar surface area (TPSA) is 97.2 Å². The van der Waals surface area contributed by atoms with Crippen molar-refractivity contribution < 1.29 is 23.9 Å². The Morgan fingerprint density at radius 3 is 2.23 bits per heavy atom. The lowest BCUT2D eigenvalue weighted by molar-refractivity contribution is -0.143. The van der Waals surface area contributed by atoms with Crippen molar-refractivity contribution in [2.24, 2.45) is 0 Å². The molecule has 2 saturated heterocycles. The molecule has 3 rings (SSSR count). The number of amides is 3. The summed E-state index contributed by atoms with van der Waals surface area (Å²) < 4.78 is 13.2. The zero-order chi connectivity index (χ0) is 25.8. The van der Waals surface area contributed by atoms with Crippen LogP contribution in [0.3, 0.4) is 0 Å². The second kappa shape index (κ2) is 10.9. The molecule has 0 spiro atoms. The minimum atomic E-state index is -0.819. The monoisotopic (exact) mass is 491 g/mol. The van der Waals surface area contributed by atoms with E-state index in [2.05, 4.69) is 4.98 Å². The molecule has 3 amide bonds. The molecule has 2 atom stereocenters. The van der Waals surface area contributed by atoms with E-state index < -0.39 is 29.4 Å². The van der Waals surface area contributed by atoms with Gasteiger partial charge in [-0.3, -0.25) is 9.69 Å². The van der Waals surface area contributed by atoms with Crippen LogP contribution in [0.2, 0.25) is 0 Å². The first kappa shape index (κ1) is 26.8. The van der Waals surface area contributed by atoms with Gasteiger partial charge in [0, 0.05) is 44.6 Å². The minimum Gasteiger partial charge on any atom is -0.444 e. The van der Waals surface area contributed by atoms with E-state index in [9.17, 15) is 14.4 Å². The van der Waals surface area contributed by atoms with Gasteiger partial charge in [-0.1, -0.05) is 0 Å². The van der Waals surface area contributed by atoms with Crippen molar-refractivity contribution in [2.75, 3.05) is 26.2 Å². The SMILES string of the molecule is CC(C)(C)OC(=O)N1CCN(C(=O)OC(C)(C)C)[C@@H](C(=O)N2CCCCC2CCn2ccnc2)C1. The Kier molecular flexibility index (Phi) is 8.33. The van der Waals surface area contributed by atoms with Crippen LogP contribution in [0.25, 0.3) is 0 Å². The Bertz CT molecular complexity index is 874. The molecule has 1 aromatic rings. The average molecular weight is 492 g/mol. The Balaban J connectivity index is 1.79. The number of nitrogens with zero attached hydrogens (tertiary/aromatic N) is 5. The van der Waals surface area contributed by atoms with Gasteiger partial charge < -0.3 is 23.8 Å². The number of carbonyl (C=O) groups excluding carboxylic acids is 3. The van der Waals surface area contributed by atoms with E-state index in [1.54, 1.807) is 33.3 Å². The Labute approximate surface area is 208 Å². The van der Waals surface area contributed by atoms with Gasteiger partial charge in [0.05, 0.1) is 12.9 Å². The molecule has 196 valence electrons. The number of aromatic nitrogens is 2. The van der Waals surface area contributed by atoms with Crippen LogP contribution in [0, 0.1) is 0 Å². The van der Waals surface area contributed by atoms with Crippen LogP contribution in [-0.4, -0.2) is 91.8 Å². The van der Waals surface area contributed by atoms with E-state index >= 15 is 0 Å². The van der Waals surface area contributed by atoms with Crippen LogP contribution < -0.4 is 0 Å². The summed E-state index contributed by atoms with van der Waals surface area (Å²) >= 11 is 0. The molecule has 0 radical (unpaired) electrons. The summed E-state index contributed by atoms with van der Waals surface area (Å²) in [7, 11) is 0. The average Bonchev–Trinajstić information content (AvgIpc) is 3.28. The first-order valence-electron chi connectivity index (χ1n) is 12.6. The highest BCUT2D eigenvalue weighted by Gasteiger charge is 2.43. The van der Waals surface area contributed by atoms with Gasteiger partial charge in [-0.25, -0.2) is 14.6 Å². The van der Waals surface area contributed by atoms with Gasteiger partial charge in [0.1, 0.15) is 17.2 Å². The van der Waals surface area contributed by atoms with Crippen LogP contribution in [0.15, 0.2) is 18.7 Å². The molecule has 1 unspecified atom stereocenters. The highest BCUT2D eigenvalue weighted by Crippen LogP contribution is 2.25. The normalized spacial score (nSPS) is 21.6. The third-order valence-electron chi connectivity index (χ3n) is 6.14. The lowest BCUT2D eigenvalue weighted by Gasteiger charge is -2.45. The van der Waals surface area contributed by atoms with Crippen molar-refractivity contribution in [1.29, 1.82) is 0 Å². The van der Waals surface area contributed by atoms with Crippen molar-refractivity contribution in [1.82, 2.24) is 24.3 Å². The van der Waals surface area contributed by atoms with Crippen LogP contribution in [0.1, 0.15) is 67.2 Å². The summed E-state index contributed by atoms with van der Waals surface area (Å²) in [5.74, 6) is -0.139. The number of likely N-dealkylation sites (tertiary alicyclic amines) is 1. The summed E-state index contributed by atoms with van der Waals surface area (Å²) in [6, 6.07) is -0.754. The highest BCUT2D eigenvalue weighted by molar-refractivity contribution is 5.87. The molecule has 2 fully saturated rings. The molecule has 35 heavy (non-hydrogen) atoms. The van der Waals surface area contributed by atoms with Gasteiger partial charge >= 0.3 is 12.2 Å². The third kappa shape index (κ3) is 7.60. The number of piperidine rings is 1. The Morgan fingerprint density at radius 2 is 1.60 bits per heavy atom. The lowest BCUT2D eigenvalue weighted by Crippen LogP contribution is -2.64. The number of carbonyl (C=O) groups is 3. The molecule has 0 N–H and O–H groups in total. The number of imidazole rings is 1. The van der Waals surface area contributed by atoms with Gasteiger partial charge in [-0.15, -0.1) is 0 Å². The summed E-state index contributed by atoms with van der Waals surface area (Å²) in [4.78, 5) is 48.8. The molecule has 0 saturated carbocycles. The van der Waals surface area contributed by atoms with Crippen molar-refractivity contribution in [3.63, 3.8) is 0 Å². The zero-order valence-electron chi connectivity index (χ0n) is 22.0. The van der Waals surface area contributed by atoms with Gasteiger partial charge in [-0.2, -0.15) is 0 Å². The number of hydrogen-bond acceptors (Lipinski definition) is 6. The molecule has 0 aliphatic carbocycles. The van der Waals surface area contributed by atoms with Crippen LogP contribution in [0.4, 0.5) is 9.59 Å². The van der Waals surface area contributed by atoms with E-state index in [0.717, 1.165) is 32.2 Å². The molecule has 10 heteroatoms. The van der Waals surface area contributed by atoms with E-state index in [-0.39, 0.29) is 31.6 Å². The van der Waals surface area contributed by atoms with Crippen LogP contribution in [0.5, 0.6) is 0 Å². The number of ether oxygens (including phenoxy) is 2. The Hall–Kier alpha value is -2.78. The van der Waals surface area contributed by atoms with Crippen LogP contribution in [-0.2, 0) is 20.8 Å². The van der Waals surface area contributed by atoms with Crippen molar-refractivity contribution in [2.45, 2.75) is 97.1 Å². The fourth-order valence-electron chi connectivity index (χ4n) is 4.53. The molecular formula is C25H41N5O5. The zero-order valence-corrected chi connectivity index (χ0v) is 22.0. The molecule has 2 aliphatic heterocycles. The number of aryl methyl sites for hydroxylation is 1. The van der Waals surface area contributed by atoms with E-state index in [0.29, 0.717) is 6.54 Å². The van der Waals surface area contributed by atoms with Crippen LogP contribution >= 0.6 is 0 Å². The maximum absolute atomic E-state index is 13.9. The van der Waals surface area contributed by atoms with Crippen molar-refractivity contribution >= 4 is 18.1 Å². The highest BCUT2D eigenvalue weighted by atomic mass is 16.6. The van der Waals surface area contributed by atoms with Gasteiger partial charge in [-0.05, 0) is 67.2 Å². The number of hydrogen-bond donors (Lipinski definition) is 0. The fourth-order valence-corrected chi connectivity index (χ4v) is 4.53.